The van der Waals surface area contributed by atoms with Gasteiger partial charge in [-0.15, -0.1) is 0 Å². The van der Waals surface area contributed by atoms with E-state index in [0.717, 1.165) is 65.9 Å². The van der Waals surface area contributed by atoms with Crippen molar-refractivity contribution in [1.82, 2.24) is 19.4 Å². The molecule has 0 N–H and O–H groups in total. The van der Waals surface area contributed by atoms with Crippen LogP contribution in [0.1, 0.15) is 58.3 Å². The lowest BCUT2D eigenvalue weighted by molar-refractivity contribution is 0.0207. The fourth-order valence-electron chi connectivity index (χ4n) is 5.08. The third-order valence-electron chi connectivity index (χ3n) is 7.20. The molecule has 0 saturated carbocycles. The second kappa shape index (κ2) is 12.2. The van der Waals surface area contributed by atoms with Crippen molar-refractivity contribution >= 4 is 29.2 Å². The molecule has 5 rings (SSSR count). The SMILES string of the molecule is CCCCc1nc2ccc(N3CCCN(C)C3=O)nc2n1Cc1ccc(-c2ccccc2OC(=O)OC(C)(C)C)cc1. The highest BCUT2D eigenvalue weighted by Gasteiger charge is 2.26. The zero-order valence-electron chi connectivity index (χ0n) is 25.1. The number of unbranched alkanes of at least 4 members (excludes halogenated alkanes) is 1. The number of amides is 2. The highest BCUT2D eigenvalue weighted by Crippen LogP contribution is 2.31. The van der Waals surface area contributed by atoms with E-state index >= 15 is 0 Å². The first-order valence-electron chi connectivity index (χ1n) is 14.6. The first kappa shape index (κ1) is 29.1. The van der Waals surface area contributed by atoms with Gasteiger partial charge >= 0.3 is 12.2 Å². The van der Waals surface area contributed by atoms with E-state index in [4.69, 9.17) is 19.4 Å². The molecule has 0 unspecified atom stereocenters. The number of hydrogen-bond acceptors (Lipinski definition) is 6. The number of ether oxygens (including phenoxy) is 2. The molecular formula is C33H39N5O4. The molecule has 9 heteroatoms. The Kier molecular flexibility index (Phi) is 8.47. The highest BCUT2D eigenvalue weighted by atomic mass is 16.7. The summed E-state index contributed by atoms with van der Waals surface area (Å²) in [4.78, 5) is 38.5. The molecule has 1 aliphatic rings. The number of aromatic nitrogens is 3. The minimum atomic E-state index is -0.733. The van der Waals surface area contributed by atoms with Gasteiger partial charge in [-0.3, -0.25) is 4.90 Å². The van der Waals surface area contributed by atoms with Crippen molar-refractivity contribution in [3.05, 3.63) is 72.1 Å². The second-order valence-corrected chi connectivity index (χ2v) is 11.7. The molecule has 1 fully saturated rings. The summed E-state index contributed by atoms with van der Waals surface area (Å²) in [5.41, 5.74) is 3.77. The number of imidazole rings is 1. The Labute approximate surface area is 247 Å². The molecule has 0 aliphatic carbocycles. The van der Waals surface area contributed by atoms with Gasteiger partial charge in [-0.1, -0.05) is 55.8 Å². The maximum atomic E-state index is 12.8. The van der Waals surface area contributed by atoms with Crippen LogP contribution in [0.25, 0.3) is 22.3 Å². The summed E-state index contributed by atoms with van der Waals surface area (Å²) >= 11 is 0. The summed E-state index contributed by atoms with van der Waals surface area (Å²) < 4.78 is 13.1. The molecule has 3 heterocycles. The van der Waals surface area contributed by atoms with Crippen molar-refractivity contribution in [3.8, 4) is 16.9 Å². The van der Waals surface area contributed by atoms with Gasteiger partial charge in [-0.2, -0.15) is 0 Å². The molecule has 1 aliphatic heterocycles. The van der Waals surface area contributed by atoms with Gasteiger partial charge in [0.05, 0.1) is 6.54 Å². The second-order valence-electron chi connectivity index (χ2n) is 11.7. The van der Waals surface area contributed by atoms with E-state index < -0.39 is 11.8 Å². The van der Waals surface area contributed by atoms with Crippen LogP contribution in [0.15, 0.2) is 60.7 Å². The maximum Gasteiger partial charge on any atom is 0.514 e. The van der Waals surface area contributed by atoms with Crippen molar-refractivity contribution in [3.63, 3.8) is 0 Å². The molecule has 9 nitrogen and oxygen atoms in total. The van der Waals surface area contributed by atoms with Gasteiger partial charge in [0.1, 0.15) is 28.5 Å². The lowest BCUT2D eigenvalue weighted by atomic mass is 10.0. The predicted octanol–water partition coefficient (Wildman–Crippen LogP) is 7.07. The fraction of sp³-hybridized carbons (Fsp3) is 0.394. The number of aryl methyl sites for hydroxylation is 1. The molecule has 2 aromatic heterocycles. The summed E-state index contributed by atoms with van der Waals surface area (Å²) in [5, 5.41) is 0. The van der Waals surface area contributed by atoms with Gasteiger partial charge in [0.15, 0.2) is 5.65 Å². The Morgan fingerprint density at radius 2 is 1.74 bits per heavy atom. The predicted molar refractivity (Wildman–Crippen MR) is 164 cm³/mol. The van der Waals surface area contributed by atoms with Crippen LogP contribution in [0.3, 0.4) is 0 Å². The van der Waals surface area contributed by atoms with Crippen molar-refractivity contribution in [1.29, 1.82) is 0 Å². The largest absolute Gasteiger partial charge is 0.514 e. The van der Waals surface area contributed by atoms with Crippen molar-refractivity contribution in [2.45, 2.75) is 65.5 Å². The standard InChI is InChI=1S/C33H39N5O4/c1-6-7-13-28-34-26-18-19-29(37-21-10-20-36(5)31(37)39)35-30(26)38(28)22-23-14-16-24(17-15-23)25-11-8-9-12-27(25)41-32(40)42-33(2,3)4/h8-9,11-12,14-19H,6-7,10,13,20-22H2,1-5H3. The lowest BCUT2D eigenvalue weighted by Gasteiger charge is -2.32. The van der Waals surface area contributed by atoms with Crippen molar-refractivity contribution in [2.24, 2.45) is 0 Å². The van der Waals surface area contributed by atoms with Gasteiger partial charge < -0.3 is 18.9 Å². The Morgan fingerprint density at radius 3 is 2.48 bits per heavy atom. The summed E-state index contributed by atoms with van der Waals surface area (Å²) in [6, 6.07) is 19.5. The highest BCUT2D eigenvalue weighted by molar-refractivity contribution is 5.92. The summed E-state index contributed by atoms with van der Waals surface area (Å²) in [6.45, 7) is 9.58. The Bertz CT molecular complexity index is 1570. The zero-order valence-corrected chi connectivity index (χ0v) is 25.1. The minimum Gasteiger partial charge on any atom is -0.428 e. The molecule has 220 valence electrons. The van der Waals surface area contributed by atoms with Crippen LogP contribution in [0, 0.1) is 0 Å². The quantitative estimate of drug-likeness (QED) is 0.167. The molecule has 0 atom stereocenters. The normalized spacial score (nSPS) is 14.0. The molecule has 2 aromatic carbocycles. The van der Waals surface area contributed by atoms with Gasteiger partial charge in [0, 0.05) is 32.1 Å². The van der Waals surface area contributed by atoms with E-state index in [9.17, 15) is 9.59 Å². The van der Waals surface area contributed by atoms with E-state index in [1.54, 1.807) is 36.6 Å². The van der Waals surface area contributed by atoms with Crippen LogP contribution < -0.4 is 9.64 Å². The molecule has 1 saturated heterocycles. The first-order valence-corrected chi connectivity index (χ1v) is 14.6. The van der Waals surface area contributed by atoms with Gasteiger partial charge in [-0.25, -0.2) is 19.6 Å². The Hall–Kier alpha value is -4.40. The van der Waals surface area contributed by atoms with Crippen LogP contribution in [-0.4, -0.2) is 57.4 Å². The Balaban J connectivity index is 1.43. The van der Waals surface area contributed by atoms with Crippen molar-refractivity contribution < 1.29 is 19.1 Å². The van der Waals surface area contributed by atoms with Crippen LogP contribution >= 0.6 is 0 Å². The molecule has 0 radical (unpaired) electrons. The van der Waals surface area contributed by atoms with Gasteiger partial charge in [0.25, 0.3) is 0 Å². The molecule has 42 heavy (non-hydrogen) atoms. The number of fused-ring (bicyclic) bond motifs is 1. The summed E-state index contributed by atoms with van der Waals surface area (Å²) in [6.07, 6.45) is 3.11. The Morgan fingerprint density at radius 1 is 0.976 bits per heavy atom. The molecule has 0 spiro atoms. The average Bonchev–Trinajstić information content (AvgIpc) is 3.29. The molecular weight excluding hydrogens is 530 g/mol. The van der Waals surface area contributed by atoms with Gasteiger partial charge in [0.2, 0.25) is 0 Å². The number of rotatable bonds is 8. The van der Waals surface area contributed by atoms with E-state index in [0.29, 0.717) is 24.7 Å². The van der Waals surface area contributed by atoms with E-state index in [1.165, 1.54) is 0 Å². The minimum absolute atomic E-state index is 0.0307. The maximum absolute atomic E-state index is 12.8. The lowest BCUT2D eigenvalue weighted by Crippen LogP contribution is -2.47. The molecule has 0 bridgehead atoms. The number of carbonyl (C=O) groups excluding carboxylic acids is 2. The number of urea groups is 1. The number of hydrogen-bond donors (Lipinski definition) is 0. The number of anilines is 1. The fourth-order valence-corrected chi connectivity index (χ4v) is 5.08. The average molecular weight is 570 g/mol. The third-order valence-corrected chi connectivity index (χ3v) is 7.20. The van der Waals surface area contributed by atoms with Gasteiger partial charge in [-0.05, 0) is 62.9 Å². The number of carbonyl (C=O) groups is 2. The molecule has 2 amide bonds. The monoisotopic (exact) mass is 569 g/mol. The van der Waals surface area contributed by atoms with E-state index in [1.807, 2.05) is 49.5 Å². The number of pyridine rings is 1. The zero-order chi connectivity index (χ0) is 29.9. The number of para-hydroxylation sites is 1. The van der Waals surface area contributed by atoms with E-state index in [-0.39, 0.29) is 6.03 Å². The van der Waals surface area contributed by atoms with Crippen LogP contribution in [0.4, 0.5) is 15.4 Å². The van der Waals surface area contributed by atoms with Crippen LogP contribution in [0.5, 0.6) is 5.75 Å². The number of benzene rings is 2. The first-order chi connectivity index (χ1) is 20.1. The van der Waals surface area contributed by atoms with Crippen molar-refractivity contribution in [2.75, 3.05) is 25.0 Å². The van der Waals surface area contributed by atoms with E-state index in [2.05, 4.69) is 23.6 Å². The molecule has 4 aromatic rings. The summed E-state index contributed by atoms with van der Waals surface area (Å²) in [7, 11) is 1.83. The summed E-state index contributed by atoms with van der Waals surface area (Å²) in [5.74, 6) is 2.08. The van der Waals surface area contributed by atoms with Crippen LogP contribution in [-0.2, 0) is 17.7 Å². The smallest absolute Gasteiger partial charge is 0.428 e. The topological polar surface area (TPSA) is 89.8 Å². The number of nitrogens with zero attached hydrogens (tertiary/aromatic N) is 5. The van der Waals surface area contributed by atoms with Crippen LogP contribution in [0.2, 0.25) is 0 Å². The third kappa shape index (κ3) is 6.56.